The van der Waals surface area contributed by atoms with Gasteiger partial charge in [0.15, 0.2) is 0 Å². The molecule has 3 rings (SSSR count). The highest BCUT2D eigenvalue weighted by Gasteiger charge is 2.22. The number of hydrogen-bond donors (Lipinski definition) is 1. The third-order valence-corrected chi connectivity index (χ3v) is 7.35. The number of amides is 1. The SMILES string of the molecule is CCN(CC)CCOc1ccccc1NC(=O)c1cccc(S(=O)(=O)N(C)c2ccccc2)c1. The van der Waals surface area contributed by atoms with Gasteiger partial charge in [-0.25, -0.2) is 8.42 Å². The molecule has 0 saturated carbocycles. The van der Waals surface area contributed by atoms with Crippen molar-refractivity contribution < 1.29 is 17.9 Å². The number of benzene rings is 3. The molecule has 0 aromatic heterocycles. The van der Waals surface area contributed by atoms with Gasteiger partial charge >= 0.3 is 0 Å². The number of rotatable bonds is 11. The lowest BCUT2D eigenvalue weighted by molar-refractivity contribution is 0.102. The van der Waals surface area contributed by atoms with E-state index in [0.29, 0.717) is 23.7 Å². The summed E-state index contributed by atoms with van der Waals surface area (Å²) < 4.78 is 33.3. The molecule has 3 aromatic carbocycles. The van der Waals surface area contributed by atoms with Crippen molar-refractivity contribution in [1.29, 1.82) is 0 Å². The van der Waals surface area contributed by atoms with Gasteiger partial charge < -0.3 is 15.0 Å². The van der Waals surface area contributed by atoms with Crippen LogP contribution in [0.15, 0.2) is 83.8 Å². The lowest BCUT2D eigenvalue weighted by atomic mass is 10.2. The Morgan fingerprint density at radius 3 is 2.29 bits per heavy atom. The van der Waals surface area contributed by atoms with Gasteiger partial charge in [-0.1, -0.05) is 50.2 Å². The summed E-state index contributed by atoms with van der Waals surface area (Å²) in [7, 11) is -2.34. The average Bonchev–Trinajstić information content (AvgIpc) is 2.87. The second-order valence-electron chi connectivity index (χ2n) is 7.66. The van der Waals surface area contributed by atoms with E-state index in [9.17, 15) is 13.2 Å². The van der Waals surface area contributed by atoms with E-state index < -0.39 is 15.9 Å². The largest absolute Gasteiger partial charge is 0.490 e. The second kappa shape index (κ2) is 11.7. The van der Waals surface area contributed by atoms with E-state index in [-0.39, 0.29) is 10.5 Å². The van der Waals surface area contributed by atoms with Gasteiger partial charge in [-0.15, -0.1) is 0 Å². The number of ether oxygens (including phenoxy) is 1. The number of carbonyl (C=O) groups excluding carboxylic acids is 1. The van der Waals surface area contributed by atoms with E-state index in [1.54, 1.807) is 48.5 Å². The Hall–Kier alpha value is -3.36. The summed E-state index contributed by atoms with van der Waals surface area (Å²) in [6.45, 7) is 7.36. The molecule has 0 aliphatic rings. The molecule has 34 heavy (non-hydrogen) atoms. The fraction of sp³-hybridized carbons (Fsp3) is 0.269. The molecule has 0 fully saturated rings. The molecule has 0 saturated heterocycles. The van der Waals surface area contributed by atoms with Crippen molar-refractivity contribution in [2.75, 3.05) is 42.9 Å². The van der Waals surface area contributed by atoms with Crippen molar-refractivity contribution in [2.24, 2.45) is 0 Å². The van der Waals surface area contributed by atoms with E-state index in [2.05, 4.69) is 24.1 Å². The van der Waals surface area contributed by atoms with Crippen molar-refractivity contribution in [1.82, 2.24) is 4.90 Å². The van der Waals surface area contributed by atoms with Gasteiger partial charge in [0.05, 0.1) is 16.3 Å². The van der Waals surface area contributed by atoms with E-state index in [1.165, 1.54) is 23.5 Å². The minimum absolute atomic E-state index is 0.0373. The minimum Gasteiger partial charge on any atom is -0.490 e. The van der Waals surface area contributed by atoms with Gasteiger partial charge in [-0.05, 0) is 55.6 Å². The number of carbonyl (C=O) groups is 1. The molecule has 180 valence electrons. The number of hydrogen-bond acceptors (Lipinski definition) is 5. The van der Waals surface area contributed by atoms with E-state index in [4.69, 9.17) is 4.74 Å². The third-order valence-electron chi connectivity index (χ3n) is 5.57. The highest BCUT2D eigenvalue weighted by atomic mass is 32.2. The monoisotopic (exact) mass is 481 g/mol. The molecule has 0 spiro atoms. The maximum absolute atomic E-state index is 13.1. The van der Waals surface area contributed by atoms with Crippen LogP contribution in [-0.2, 0) is 10.0 Å². The Balaban J connectivity index is 1.75. The molecule has 8 heteroatoms. The van der Waals surface area contributed by atoms with Crippen molar-refractivity contribution in [3.8, 4) is 5.75 Å². The molecule has 0 aliphatic heterocycles. The first-order valence-electron chi connectivity index (χ1n) is 11.3. The van der Waals surface area contributed by atoms with Gasteiger partial charge in [0.1, 0.15) is 12.4 Å². The summed E-state index contributed by atoms with van der Waals surface area (Å²) >= 11 is 0. The quantitative estimate of drug-likeness (QED) is 0.437. The highest BCUT2D eigenvalue weighted by Crippen LogP contribution is 2.26. The summed E-state index contributed by atoms with van der Waals surface area (Å²) in [5, 5.41) is 2.85. The zero-order valence-corrected chi connectivity index (χ0v) is 20.6. The first-order valence-corrected chi connectivity index (χ1v) is 12.7. The van der Waals surface area contributed by atoms with Crippen molar-refractivity contribution >= 4 is 27.3 Å². The zero-order valence-electron chi connectivity index (χ0n) is 19.8. The van der Waals surface area contributed by atoms with E-state index >= 15 is 0 Å². The first kappa shape index (κ1) is 25.3. The van der Waals surface area contributed by atoms with Crippen LogP contribution in [0.5, 0.6) is 5.75 Å². The Bertz CT molecular complexity index is 1200. The van der Waals surface area contributed by atoms with Crippen molar-refractivity contribution in [3.63, 3.8) is 0 Å². The molecular formula is C26H31N3O4S. The van der Waals surface area contributed by atoms with Crippen molar-refractivity contribution in [3.05, 3.63) is 84.4 Å². The molecule has 0 radical (unpaired) electrons. The second-order valence-corrected chi connectivity index (χ2v) is 9.63. The number of nitrogens with one attached hydrogen (secondary N) is 1. The Labute approximate surface area is 202 Å². The molecule has 7 nitrogen and oxygen atoms in total. The van der Waals surface area contributed by atoms with Gasteiger partial charge in [0.25, 0.3) is 15.9 Å². The number of nitrogens with zero attached hydrogens (tertiary/aromatic N) is 2. The number of sulfonamides is 1. The van der Waals surface area contributed by atoms with Crippen LogP contribution in [0.4, 0.5) is 11.4 Å². The zero-order chi connectivity index (χ0) is 24.6. The molecule has 3 aromatic rings. The van der Waals surface area contributed by atoms with Crippen LogP contribution in [0, 0.1) is 0 Å². The van der Waals surface area contributed by atoms with Gasteiger partial charge in [-0.2, -0.15) is 0 Å². The van der Waals surface area contributed by atoms with Crippen LogP contribution in [0.2, 0.25) is 0 Å². The Morgan fingerprint density at radius 2 is 1.59 bits per heavy atom. The Morgan fingerprint density at radius 1 is 0.912 bits per heavy atom. The molecule has 0 unspecified atom stereocenters. The fourth-order valence-electron chi connectivity index (χ4n) is 3.45. The molecule has 1 N–H and O–H groups in total. The lowest BCUT2D eigenvalue weighted by Crippen LogP contribution is -2.28. The number of likely N-dealkylation sites (N-methyl/N-ethyl adjacent to an activating group) is 1. The number of para-hydroxylation sites is 3. The molecule has 1 amide bonds. The summed E-state index contributed by atoms with van der Waals surface area (Å²) in [5.41, 5.74) is 1.30. The molecule has 0 bridgehead atoms. The highest BCUT2D eigenvalue weighted by molar-refractivity contribution is 7.92. The molecular weight excluding hydrogens is 450 g/mol. The van der Waals surface area contributed by atoms with Crippen LogP contribution >= 0.6 is 0 Å². The molecule has 0 heterocycles. The normalized spacial score (nSPS) is 11.3. The molecule has 0 aliphatic carbocycles. The maximum Gasteiger partial charge on any atom is 0.264 e. The van der Waals surface area contributed by atoms with Crippen LogP contribution < -0.4 is 14.4 Å². The van der Waals surface area contributed by atoms with Crippen LogP contribution in [0.3, 0.4) is 0 Å². The lowest BCUT2D eigenvalue weighted by Gasteiger charge is -2.20. The first-order chi connectivity index (χ1) is 16.4. The molecule has 0 atom stereocenters. The van der Waals surface area contributed by atoms with Crippen LogP contribution in [0.1, 0.15) is 24.2 Å². The summed E-state index contributed by atoms with van der Waals surface area (Å²) in [4.78, 5) is 15.3. The average molecular weight is 482 g/mol. The van der Waals surface area contributed by atoms with Crippen LogP contribution in [-0.4, -0.2) is 52.5 Å². The van der Waals surface area contributed by atoms with E-state index in [1.807, 2.05) is 18.2 Å². The summed E-state index contributed by atoms with van der Waals surface area (Å²) in [6, 6.07) is 22.0. The topological polar surface area (TPSA) is 79.0 Å². The summed E-state index contributed by atoms with van der Waals surface area (Å²) in [5.74, 6) is 0.148. The Kier molecular flexibility index (Phi) is 8.67. The predicted molar refractivity (Wildman–Crippen MR) is 136 cm³/mol. The number of anilines is 2. The van der Waals surface area contributed by atoms with Crippen molar-refractivity contribution in [2.45, 2.75) is 18.7 Å². The maximum atomic E-state index is 13.1. The minimum atomic E-state index is -3.83. The predicted octanol–water partition coefficient (Wildman–Crippen LogP) is 4.48. The van der Waals surface area contributed by atoms with Crippen LogP contribution in [0.25, 0.3) is 0 Å². The van der Waals surface area contributed by atoms with E-state index in [0.717, 1.165) is 19.6 Å². The van der Waals surface area contributed by atoms with Gasteiger partial charge in [0.2, 0.25) is 0 Å². The summed E-state index contributed by atoms with van der Waals surface area (Å²) in [6.07, 6.45) is 0. The third kappa shape index (κ3) is 6.15. The smallest absolute Gasteiger partial charge is 0.264 e. The standard InChI is InChI=1S/C26H31N3O4S/c1-4-29(5-2)18-19-33-25-17-10-9-16-24(25)27-26(30)21-12-11-15-23(20-21)34(31,32)28(3)22-13-7-6-8-14-22/h6-17,20H,4-5,18-19H2,1-3H3,(H,27,30). The van der Waals surface area contributed by atoms with Gasteiger partial charge in [0, 0.05) is 19.2 Å². The fourth-order valence-corrected chi connectivity index (χ4v) is 4.69. The van der Waals surface area contributed by atoms with Gasteiger partial charge in [-0.3, -0.25) is 9.10 Å².